The molecule has 1 amide bonds. The molecule has 3 aromatic carbocycles. The zero-order chi connectivity index (χ0) is 22.6. The van der Waals surface area contributed by atoms with Crippen LogP contribution in [-0.2, 0) is 11.3 Å². The molecule has 5 rings (SSSR count). The summed E-state index contributed by atoms with van der Waals surface area (Å²) in [6, 6.07) is 25.7. The minimum Gasteiger partial charge on any atom is -0.497 e. The number of aromatic nitrogens is 2. The number of anilines is 1. The molecule has 0 aliphatic heterocycles. The average Bonchev–Trinajstić information content (AvgIpc) is 3.72. The summed E-state index contributed by atoms with van der Waals surface area (Å²) in [6.45, 7) is 0.491. The fourth-order valence-corrected chi connectivity index (χ4v) is 4.65. The van der Waals surface area contributed by atoms with E-state index in [4.69, 9.17) is 14.7 Å². The van der Waals surface area contributed by atoms with E-state index in [0.717, 1.165) is 51.6 Å². The summed E-state index contributed by atoms with van der Waals surface area (Å²) < 4.78 is 5.26. The van der Waals surface area contributed by atoms with Crippen LogP contribution in [0.5, 0.6) is 5.75 Å². The minimum atomic E-state index is 0.0395. The fourth-order valence-electron chi connectivity index (χ4n) is 3.75. The summed E-state index contributed by atoms with van der Waals surface area (Å²) in [4.78, 5) is 24.9. The van der Waals surface area contributed by atoms with Gasteiger partial charge >= 0.3 is 0 Å². The van der Waals surface area contributed by atoms with Crippen molar-refractivity contribution in [3.63, 3.8) is 0 Å². The molecule has 0 saturated heterocycles. The second kappa shape index (κ2) is 9.63. The maximum Gasteiger partial charge on any atom is 0.237 e. The highest BCUT2D eigenvalue weighted by atomic mass is 32.2. The number of fused-ring (bicyclic) bond motifs is 1. The van der Waals surface area contributed by atoms with Gasteiger partial charge in [0.15, 0.2) is 0 Å². The Morgan fingerprint density at radius 3 is 2.42 bits per heavy atom. The van der Waals surface area contributed by atoms with Crippen LogP contribution in [-0.4, -0.2) is 28.7 Å². The molecule has 1 aliphatic rings. The van der Waals surface area contributed by atoms with Crippen molar-refractivity contribution in [2.24, 2.45) is 0 Å². The van der Waals surface area contributed by atoms with E-state index < -0.39 is 0 Å². The first-order valence-electron chi connectivity index (χ1n) is 11.1. The zero-order valence-electron chi connectivity index (χ0n) is 18.5. The van der Waals surface area contributed by atoms with Gasteiger partial charge in [-0.1, -0.05) is 60.3 Å². The maximum absolute atomic E-state index is 13.4. The number of thioether (sulfide) groups is 1. The quantitative estimate of drug-likeness (QED) is 0.247. The Morgan fingerprint density at radius 1 is 0.970 bits per heavy atom. The van der Waals surface area contributed by atoms with Crippen LogP contribution < -0.4 is 9.64 Å². The van der Waals surface area contributed by atoms with Crippen LogP contribution in [0.4, 0.5) is 5.69 Å². The number of carbonyl (C=O) groups excluding carboxylic acids is 1. The Hall–Kier alpha value is -3.38. The van der Waals surface area contributed by atoms with Crippen LogP contribution in [0.15, 0.2) is 83.9 Å². The van der Waals surface area contributed by atoms with E-state index in [1.54, 1.807) is 7.11 Å². The van der Waals surface area contributed by atoms with Gasteiger partial charge in [0.1, 0.15) is 16.6 Å². The highest BCUT2D eigenvalue weighted by molar-refractivity contribution is 8.00. The standard InChI is InChI=1S/C27H25N3O2S/c1-32-22-15-11-19(12-16-22)17-30(21-7-3-2-4-8-21)25(31)18-33-27-23-9-5-6-10-24(23)28-26(29-27)20-13-14-20/h2-12,15-16,20H,13-14,17-18H2,1H3. The molecule has 33 heavy (non-hydrogen) atoms. The molecule has 1 aliphatic carbocycles. The van der Waals surface area contributed by atoms with E-state index in [0.29, 0.717) is 18.2 Å². The molecule has 166 valence electrons. The molecule has 0 spiro atoms. The molecule has 6 heteroatoms. The van der Waals surface area contributed by atoms with Crippen molar-refractivity contribution in [1.82, 2.24) is 9.97 Å². The van der Waals surface area contributed by atoms with Crippen LogP contribution in [0, 0.1) is 0 Å². The number of amides is 1. The second-order valence-electron chi connectivity index (χ2n) is 8.13. The smallest absolute Gasteiger partial charge is 0.237 e. The molecule has 0 unspecified atom stereocenters. The molecular formula is C27H25N3O2S. The lowest BCUT2D eigenvalue weighted by molar-refractivity contribution is -0.116. The highest BCUT2D eigenvalue weighted by Gasteiger charge is 2.28. The Morgan fingerprint density at radius 2 is 1.70 bits per heavy atom. The van der Waals surface area contributed by atoms with Gasteiger partial charge in [0.05, 0.1) is 24.9 Å². The molecule has 1 aromatic heterocycles. The molecule has 0 atom stereocenters. The summed E-state index contributed by atoms with van der Waals surface area (Å²) in [6.07, 6.45) is 2.29. The first kappa shape index (κ1) is 21.5. The number of hydrogen-bond donors (Lipinski definition) is 0. The Balaban J connectivity index is 1.38. The van der Waals surface area contributed by atoms with Gasteiger partial charge < -0.3 is 9.64 Å². The Labute approximate surface area is 197 Å². The first-order valence-corrected chi connectivity index (χ1v) is 12.1. The van der Waals surface area contributed by atoms with Crippen LogP contribution >= 0.6 is 11.8 Å². The summed E-state index contributed by atoms with van der Waals surface area (Å²) in [5.41, 5.74) is 2.87. The highest BCUT2D eigenvalue weighted by Crippen LogP contribution is 2.40. The zero-order valence-corrected chi connectivity index (χ0v) is 19.3. The lowest BCUT2D eigenvalue weighted by atomic mass is 10.2. The maximum atomic E-state index is 13.4. The summed E-state index contributed by atoms with van der Waals surface area (Å²) >= 11 is 1.49. The van der Waals surface area contributed by atoms with Crippen LogP contribution in [0.25, 0.3) is 10.9 Å². The van der Waals surface area contributed by atoms with Gasteiger partial charge in [-0.2, -0.15) is 0 Å². The molecule has 0 bridgehead atoms. The van der Waals surface area contributed by atoms with E-state index in [9.17, 15) is 4.79 Å². The topological polar surface area (TPSA) is 55.3 Å². The summed E-state index contributed by atoms with van der Waals surface area (Å²) in [5.74, 6) is 2.50. The van der Waals surface area contributed by atoms with Crippen molar-refractivity contribution >= 4 is 34.3 Å². The van der Waals surface area contributed by atoms with Gasteiger partial charge in [-0.25, -0.2) is 9.97 Å². The number of nitrogens with zero attached hydrogens (tertiary/aromatic N) is 3. The third-order valence-corrected chi connectivity index (χ3v) is 6.71. The minimum absolute atomic E-state index is 0.0395. The third-order valence-electron chi connectivity index (χ3n) is 5.73. The molecule has 0 N–H and O–H groups in total. The molecule has 1 saturated carbocycles. The molecule has 4 aromatic rings. The number of para-hydroxylation sites is 2. The molecule has 5 nitrogen and oxygen atoms in total. The number of carbonyl (C=O) groups is 1. The first-order chi connectivity index (χ1) is 16.2. The number of rotatable bonds is 8. The van der Waals surface area contributed by atoms with Gasteiger partial charge in [0.25, 0.3) is 0 Å². The fraction of sp³-hybridized carbons (Fsp3) is 0.222. The third kappa shape index (κ3) is 5.01. The van der Waals surface area contributed by atoms with E-state index >= 15 is 0 Å². The van der Waals surface area contributed by atoms with Crippen LogP contribution in [0.1, 0.15) is 30.1 Å². The molecule has 1 fully saturated rings. The van der Waals surface area contributed by atoms with Crippen molar-refractivity contribution < 1.29 is 9.53 Å². The predicted octanol–water partition coefficient (Wildman–Crippen LogP) is 5.84. The predicted molar refractivity (Wildman–Crippen MR) is 133 cm³/mol. The molecular weight excluding hydrogens is 430 g/mol. The second-order valence-corrected chi connectivity index (χ2v) is 9.09. The van der Waals surface area contributed by atoms with E-state index in [2.05, 4.69) is 0 Å². The van der Waals surface area contributed by atoms with Gasteiger partial charge in [0, 0.05) is 17.0 Å². The molecule has 1 heterocycles. The summed E-state index contributed by atoms with van der Waals surface area (Å²) in [7, 11) is 1.65. The summed E-state index contributed by atoms with van der Waals surface area (Å²) in [5, 5.41) is 1.88. The molecule has 0 radical (unpaired) electrons. The van der Waals surface area contributed by atoms with Crippen molar-refractivity contribution in [2.75, 3.05) is 17.8 Å². The van der Waals surface area contributed by atoms with Crippen LogP contribution in [0.3, 0.4) is 0 Å². The van der Waals surface area contributed by atoms with E-state index in [1.807, 2.05) is 83.8 Å². The average molecular weight is 456 g/mol. The van der Waals surface area contributed by atoms with Gasteiger partial charge in [-0.15, -0.1) is 0 Å². The number of hydrogen-bond acceptors (Lipinski definition) is 5. The van der Waals surface area contributed by atoms with Gasteiger partial charge in [-0.05, 0) is 48.7 Å². The monoisotopic (exact) mass is 455 g/mol. The lowest BCUT2D eigenvalue weighted by Gasteiger charge is -2.23. The van der Waals surface area contributed by atoms with Crippen molar-refractivity contribution in [3.8, 4) is 5.75 Å². The number of methoxy groups -OCH3 is 1. The van der Waals surface area contributed by atoms with Gasteiger partial charge in [0.2, 0.25) is 5.91 Å². The Kier molecular flexibility index (Phi) is 6.26. The Bertz CT molecular complexity index is 1260. The van der Waals surface area contributed by atoms with Crippen molar-refractivity contribution in [1.29, 1.82) is 0 Å². The van der Waals surface area contributed by atoms with Gasteiger partial charge in [-0.3, -0.25) is 4.79 Å². The SMILES string of the molecule is COc1ccc(CN(C(=O)CSc2nc(C3CC3)nc3ccccc23)c2ccccc2)cc1. The number of benzene rings is 3. The lowest BCUT2D eigenvalue weighted by Crippen LogP contribution is -2.31. The van der Waals surface area contributed by atoms with Crippen molar-refractivity contribution in [2.45, 2.75) is 30.3 Å². The number of ether oxygens (including phenoxy) is 1. The largest absolute Gasteiger partial charge is 0.497 e. The van der Waals surface area contributed by atoms with Crippen LogP contribution in [0.2, 0.25) is 0 Å². The normalized spacial score (nSPS) is 13.1. The van der Waals surface area contributed by atoms with Crippen molar-refractivity contribution in [3.05, 3.63) is 90.3 Å². The van der Waals surface area contributed by atoms with E-state index in [-0.39, 0.29) is 5.91 Å². The van der Waals surface area contributed by atoms with E-state index in [1.165, 1.54) is 11.8 Å².